The molecule has 0 aromatic carbocycles. The van der Waals surface area contributed by atoms with Crippen molar-refractivity contribution >= 4 is 17.4 Å². The predicted octanol–water partition coefficient (Wildman–Crippen LogP) is 2.62. The van der Waals surface area contributed by atoms with Crippen molar-refractivity contribution in [2.75, 3.05) is 6.54 Å². The lowest BCUT2D eigenvalue weighted by Gasteiger charge is -2.22. The normalized spacial score (nSPS) is 15.1. The number of rotatable bonds is 5. The fourth-order valence-corrected chi connectivity index (χ4v) is 2.67. The van der Waals surface area contributed by atoms with Gasteiger partial charge in [0, 0.05) is 5.38 Å². The first-order valence-electron chi connectivity index (χ1n) is 7.03. The molecule has 2 rings (SSSR count). The lowest BCUT2D eigenvalue weighted by Crippen LogP contribution is -2.44. The molecule has 0 saturated heterocycles. The van der Waals surface area contributed by atoms with Crippen molar-refractivity contribution in [2.24, 2.45) is 0 Å². The third kappa shape index (κ3) is 4.08. The highest BCUT2D eigenvalue weighted by molar-refractivity contribution is 7.09. The van der Waals surface area contributed by atoms with Crippen LogP contribution in [0, 0.1) is 13.8 Å². The molecule has 3 N–H and O–H groups in total. The van der Waals surface area contributed by atoms with Crippen LogP contribution in [0.3, 0.4) is 0 Å². The van der Waals surface area contributed by atoms with Crippen molar-refractivity contribution in [3.05, 3.63) is 39.7 Å². The number of carbonyl (C=O) groups is 1. The molecule has 6 nitrogen and oxygen atoms in total. The maximum atomic E-state index is 11.9. The zero-order valence-corrected chi connectivity index (χ0v) is 14.0. The van der Waals surface area contributed by atoms with Gasteiger partial charge in [0.05, 0.1) is 23.3 Å². The summed E-state index contributed by atoms with van der Waals surface area (Å²) in [7, 11) is 0. The minimum atomic E-state index is -1.26. The second-order valence-corrected chi connectivity index (χ2v) is 6.59. The number of thiazole rings is 1. The van der Waals surface area contributed by atoms with E-state index in [1.807, 2.05) is 19.2 Å². The highest BCUT2D eigenvalue weighted by atomic mass is 32.1. The first-order chi connectivity index (χ1) is 10.3. The number of aliphatic hydroxyl groups is 1. The number of amides is 2. The molecule has 2 amide bonds. The largest absolute Gasteiger partial charge is 0.463 e. The van der Waals surface area contributed by atoms with Crippen LogP contribution in [0.2, 0.25) is 0 Å². The van der Waals surface area contributed by atoms with Gasteiger partial charge in [-0.15, -0.1) is 11.3 Å². The Morgan fingerprint density at radius 3 is 2.77 bits per heavy atom. The van der Waals surface area contributed by atoms with Crippen LogP contribution in [0.25, 0.3) is 0 Å². The molecular formula is C15H21N3O3S. The van der Waals surface area contributed by atoms with E-state index in [0.29, 0.717) is 11.5 Å². The van der Waals surface area contributed by atoms with Gasteiger partial charge in [-0.2, -0.15) is 0 Å². The lowest BCUT2D eigenvalue weighted by molar-refractivity contribution is 0.0359. The van der Waals surface area contributed by atoms with E-state index in [9.17, 15) is 9.90 Å². The topological polar surface area (TPSA) is 87.4 Å². The predicted molar refractivity (Wildman–Crippen MR) is 84.8 cm³/mol. The summed E-state index contributed by atoms with van der Waals surface area (Å²) >= 11 is 1.54. The van der Waals surface area contributed by atoms with Gasteiger partial charge in [0.1, 0.15) is 17.1 Å². The van der Waals surface area contributed by atoms with Crippen LogP contribution in [-0.2, 0) is 5.60 Å². The number of hydrogen-bond acceptors (Lipinski definition) is 5. The number of aromatic nitrogens is 1. The summed E-state index contributed by atoms with van der Waals surface area (Å²) in [5, 5.41) is 18.7. The Bertz CT molecular complexity index is 648. The van der Waals surface area contributed by atoms with E-state index in [1.165, 1.54) is 0 Å². The molecule has 0 saturated carbocycles. The van der Waals surface area contributed by atoms with Crippen LogP contribution < -0.4 is 10.6 Å². The maximum absolute atomic E-state index is 11.9. The summed E-state index contributed by atoms with van der Waals surface area (Å²) in [6.45, 7) is 7.23. The highest BCUT2D eigenvalue weighted by Crippen LogP contribution is 2.22. The summed E-state index contributed by atoms with van der Waals surface area (Å²) in [4.78, 5) is 16.3. The molecule has 0 fully saturated rings. The lowest BCUT2D eigenvalue weighted by atomic mass is 10.0. The molecule has 7 heteroatoms. The monoisotopic (exact) mass is 323 g/mol. The van der Waals surface area contributed by atoms with Crippen LogP contribution in [0.1, 0.15) is 42.1 Å². The number of hydrogen-bond donors (Lipinski definition) is 3. The van der Waals surface area contributed by atoms with Crippen molar-refractivity contribution in [1.82, 2.24) is 15.6 Å². The van der Waals surface area contributed by atoms with E-state index in [4.69, 9.17) is 4.42 Å². The third-order valence-electron chi connectivity index (χ3n) is 3.29. The first kappa shape index (κ1) is 16.5. The standard InChI is InChI=1S/C15H21N3O3S/c1-9-5-6-13(21-9)15(4,20)8-16-14(19)17-10(2)12-7-22-11(3)18-12/h5-7,10,20H,8H2,1-4H3,(H2,16,17,19)/t10-,15+/m1/s1. The Morgan fingerprint density at radius 2 is 2.23 bits per heavy atom. The molecule has 0 unspecified atom stereocenters. The van der Waals surface area contributed by atoms with Crippen LogP contribution >= 0.6 is 11.3 Å². The van der Waals surface area contributed by atoms with Crippen molar-refractivity contribution in [2.45, 2.75) is 39.3 Å². The molecule has 2 aromatic rings. The molecule has 120 valence electrons. The number of nitrogens with one attached hydrogen (secondary N) is 2. The Hall–Kier alpha value is -1.86. The van der Waals surface area contributed by atoms with E-state index in [0.717, 1.165) is 10.7 Å². The molecule has 0 bridgehead atoms. The van der Waals surface area contributed by atoms with Crippen LogP contribution in [0.4, 0.5) is 4.79 Å². The average Bonchev–Trinajstić information content (AvgIpc) is 3.05. The Labute approximate surface area is 133 Å². The van der Waals surface area contributed by atoms with E-state index in [2.05, 4.69) is 15.6 Å². The Balaban J connectivity index is 1.87. The van der Waals surface area contributed by atoms with E-state index in [1.54, 1.807) is 37.3 Å². The number of aryl methyl sites for hydroxylation is 2. The molecule has 0 radical (unpaired) electrons. The molecule has 0 aliphatic carbocycles. The van der Waals surface area contributed by atoms with Gasteiger partial charge in [0.2, 0.25) is 0 Å². The summed E-state index contributed by atoms with van der Waals surface area (Å²) in [5.74, 6) is 1.14. The van der Waals surface area contributed by atoms with Gasteiger partial charge in [-0.3, -0.25) is 0 Å². The van der Waals surface area contributed by atoms with Crippen LogP contribution in [0.5, 0.6) is 0 Å². The highest BCUT2D eigenvalue weighted by Gasteiger charge is 2.27. The maximum Gasteiger partial charge on any atom is 0.315 e. The molecule has 22 heavy (non-hydrogen) atoms. The van der Waals surface area contributed by atoms with Crippen molar-refractivity contribution < 1.29 is 14.3 Å². The number of furan rings is 1. The summed E-state index contributed by atoms with van der Waals surface area (Å²) < 4.78 is 5.40. The summed E-state index contributed by atoms with van der Waals surface area (Å²) in [6.07, 6.45) is 0. The second-order valence-electron chi connectivity index (χ2n) is 5.52. The van der Waals surface area contributed by atoms with Gasteiger partial charge >= 0.3 is 6.03 Å². The van der Waals surface area contributed by atoms with E-state index >= 15 is 0 Å². The van der Waals surface area contributed by atoms with E-state index < -0.39 is 5.60 Å². The number of nitrogens with zero attached hydrogens (tertiary/aromatic N) is 1. The quantitative estimate of drug-likeness (QED) is 0.789. The SMILES string of the molecule is Cc1ccc([C@@](C)(O)CNC(=O)N[C@H](C)c2csc(C)n2)o1. The molecule has 0 aliphatic heterocycles. The second kappa shape index (κ2) is 6.50. The molecular weight excluding hydrogens is 302 g/mol. The van der Waals surface area contributed by atoms with Crippen molar-refractivity contribution in [3.63, 3.8) is 0 Å². The minimum absolute atomic E-state index is 0.0502. The van der Waals surface area contributed by atoms with Gasteiger partial charge in [-0.25, -0.2) is 9.78 Å². The molecule has 2 atom stereocenters. The zero-order chi connectivity index (χ0) is 16.3. The first-order valence-corrected chi connectivity index (χ1v) is 7.91. The van der Waals surface area contributed by atoms with Crippen LogP contribution in [0.15, 0.2) is 21.9 Å². The Morgan fingerprint density at radius 1 is 1.50 bits per heavy atom. The van der Waals surface area contributed by atoms with E-state index in [-0.39, 0.29) is 18.6 Å². The Kier molecular flexibility index (Phi) is 4.87. The molecule has 2 aromatic heterocycles. The number of urea groups is 1. The zero-order valence-electron chi connectivity index (χ0n) is 13.1. The van der Waals surface area contributed by atoms with Gasteiger partial charge in [0.25, 0.3) is 0 Å². The van der Waals surface area contributed by atoms with Crippen molar-refractivity contribution in [3.8, 4) is 0 Å². The van der Waals surface area contributed by atoms with Gasteiger partial charge in [-0.1, -0.05) is 0 Å². The van der Waals surface area contributed by atoms with Crippen molar-refractivity contribution in [1.29, 1.82) is 0 Å². The molecule has 0 aliphatic rings. The van der Waals surface area contributed by atoms with Gasteiger partial charge < -0.3 is 20.2 Å². The van der Waals surface area contributed by atoms with Crippen LogP contribution in [-0.4, -0.2) is 22.7 Å². The summed E-state index contributed by atoms with van der Waals surface area (Å²) in [6, 6.07) is 2.93. The third-order valence-corrected chi connectivity index (χ3v) is 4.08. The minimum Gasteiger partial charge on any atom is -0.463 e. The van der Waals surface area contributed by atoms with Gasteiger partial charge in [-0.05, 0) is 39.8 Å². The molecule has 0 spiro atoms. The smallest absolute Gasteiger partial charge is 0.315 e. The van der Waals surface area contributed by atoms with Gasteiger partial charge in [0.15, 0.2) is 0 Å². The number of carbonyl (C=O) groups excluding carboxylic acids is 1. The average molecular weight is 323 g/mol. The fourth-order valence-electron chi connectivity index (χ4n) is 1.96. The molecule has 2 heterocycles. The fraction of sp³-hybridized carbons (Fsp3) is 0.467. The summed E-state index contributed by atoms with van der Waals surface area (Å²) in [5.41, 5.74) is -0.433.